The number of unbranched alkanes of at least 4 members (excludes halogenated alkanes) is 1. The van der Waals surface area contributed by atoms with Crippen LogP contribution < -0.4 is 21.7 Å². The molecular weight excluding hydrogens is 308 g/mol. The summed E-state index contributed by atoms with van der Waals surface area (Å²) in [5.74, 6) is -0.683. The zero-order valence-electron chi connectivity index (χ0n) is 14.0. The van der Waals surface area contributed by atoms with E-state index in [4.69, 9.17) is 5.73 Å². The second-order valence-corrected chi connectivity index (χ2v) is 5.50. The molecule has 7 nitrogen and oxygen atoms in total. The van der Waals surface area contributed by atoms with Gasteiger partial charge in [-0.15, -0.1) is 0 Å². The van der Waals surface area contributed by atoms with E-state index in [-0.39, 0.29) is 5.91 Å². The maximum atomic E-state index is 12.0. The minimum absolute atomic E-state index is 0.130. The van der Waals surface area contributed by atoms with Gasteiger partial charge < -0.3 is 21.7 Å². The molecule has 0 fully saturated rings. The van der Waals surface area contributed by atoms with Crippen LogP contribution in [0.5, 0.6) is 0 Å². The Kier molecular flexibility index (Phi) is 8.96. The van der Waals surface area contributed by atoms with Gasteiger partial charge in [0.25, 0.3) is 5.91 Å². The molecule has 1 aromatic rings. The summed E-state index contributed by atoms with van der Waals surface area (Å²) in [6.45, 7) is 3.49. The number of nitrogens with one attached hydrogen (secondary N) is 3. The summed E-state index contributed by atoms with van der Waals surface area (Å²) in [5, 5.41) is 8.46. The predicted molar refractivity (Wildman–Crippen MR) is 93.6 cm³/mol. The Morgan fingerprint density at radius 3 is 2.46 bits per heavy atom. The molecule has 3 amide bonds. The van der Waals surface area contributed by atoms with Crippen LogP contribution in [0.1, 0.15) is 43.0 Å². The fraction of sp³-hybridized carbons (Fsp3) is 0.471. The number of hydrogen-bond acceptors (Lipinski definition) is 4. The summed E-state index contributed by atoms with van der Waals surface area (Å²) in [5.41, 5.74) is 6.77. The van der Waals surface area contributed by atoms with E-state index in [1.807, 2.05) is 12.1 Å². The van der Waals surface area contributed by atoms with E-state index >= 15 is 0 Å². The van der Waals surface area contributed by atoms with E-state index in [1.54, 1.807) is 12.1 Å². The predicted octanol–water partition coefficient (Wildman–Crippen LogP) is 1.01. The first-order chi connectivity index (χ1) is 11.6. The summed E-state index contributed by atoms with van der Waals surface area (Å²) >= 11 is 0. The van der Waals surface area contributed by atoms with Crippen molar-refractivity contribution in [1.29, 1.82) is 0 Å². The van der Waals surface area contributed by atoms with Gasteiger partial charge in [0.1, 0.15) is 6.04 Å². The molecule has 0 saturated carbocycles. The van der Waals surface area contributed by atoms with Crippen molar-refractivity contribution in [2.75, 3.05) is 18.4 Å². The molecule has 0 aliphatic carbocycles. The first-order valence-corrected chi connectivity index (χ1v) is 8.19. The lowest BCUT2D eigenvalue weighted by Crippen LogP contribution is -2.40. The molecule has 1 aromatic carbocycles. The highest BCUT2D eigenvalue weighted by molar-refractivity contribution is 5.94. The van der Waals surface area contributed by atoms with Crippen LogP contribution in [0.15, 0.2) is 24.3 Å². The lowest BCUT2D eigenvalue weighted by atomic mass is 10.1. The molecule has 0 aromatic heterocycles. The molecule has 0 aliphatic rings. The summed E-state index contributed by atoms with van der Waals surface area (Å²) in [4.78, 5) is 33.4. The molecule has 0 spiro atoms. The van der Waals surface area contributed by atoms with E-state index < -0.39 is 11.9 Å². The average Bonchev–Trinajstić information content (AvgIpc) is 2.58. The third-order valence-electron chi connectivity index (χ3n) is 3.54. The topological polar surface area (TPSA) is 113 Å². The van der Waals surface area contributed by atoms with Crippen LogP contribution >= 0.6 is 0 Å². The highest BCUT2D eigenvalue weighted by Gasteiger charge is 2.13. The van der Waals surface area contributed by atoms with Crippen molar-refractivity contribution < 1.29 is 14.4 Å². The smallest absolute Gasteiger partial charge is 0.251 e. The maximum Gasteiger partial charge on any atom is 0.251 e. The lowest BCUT2D eigenvalue weighted by molar-refractivity contribution is -0.122. The first kappa shape index (κ1) is 19.5. The molecule has 5 N–H and O–H groups in total. The molecule has 0 heterocycles. The van der Waals surface area contributed by atoms with Crippen LogP contribution in [-0.4, -0.2) is 37.4 Å². The maximum absolute atomic E-state index is 12.0. The SMILES string of the molecule is CCCNc1ccc(C(=O)NCCCCC(NC=O)C(N)=O)cc1. The van der Waals surface area contributed by atoms with E-state index in [0.717, 1.165) is 18.7 Å². The molecule has 1 atom stereocenters. The number of carbonyl (C=O) groups excluding carboxylic acids is 3. The summed E-state index contributed by atoms with van der Waals surface area (Å²) in [6, 6.07) is 6.68. The minimum Gasteiger partial charge on any atom is -0.385 e. The van der Waals surface area contributed by atoms with Crippen molar-refractivity contribution in [3.8, 4) is 0 Å². The zero-order chi connectivity index (χ0) is 17.8. The van der Waals surface area contributed by atoms with Gasteiger partial charge in [0, 0.05) is 24.3 Å². The normalized spacial score (nSPS) is 11.4. The third kappa shape index (κ3) is 7.13. The number of rotatable bonds is 12. The summed E-state index contributed by atoms with van der Waals surface area (Å²) < 4.78 is 0. The van der Waals surface area contributed by atoms with Gasteiger partial charge in [-0.2, -0.15) is 0 Å². The van der Waals surface area contributed by atoms with Crippen LogP contribution in [0.2, 0.25) is 0 Å². The van der Waals surface area contributed by atoms with Gasteiger partial charge in [0.15, 0.2) is 0 Å². The van der Waals surface area contributed by atoms with Gasteiger partial charge >= 0.3 is 0 Å². The summed E-state index contributed by atoms with van der Waals surface area (Å²) in [6.07, 6.45) is 3.35. The zero-order valence-corrected chi connectivity index (χ0v) is 14.0. The van der Waals surface area contributed by atoms with Gasteiger partial charge in [-0.25, -0.2) is 0 Å². The molecule has 1 rings (SSSR count). The number of hydrogen-bond donors (Lipinski definition) is 4. The Hall–Kier alpha value is -2.57. The van der Waals surface area contributed by atoms with Crippen molar-refractivity contribution in [3.05, 3.63) is 29.8 Å². The highest BCUT2D eigenvalue weighted by atomic mass is 16.2. The molecule has 1 unspecified atom stereocenters. The first-order valence-electron chi connectivity index (χ1n) is 8.19. The van der Waals surface area contributed by atoms with Gasteiger partial charge in [-0.05, 0) is 49.9 Å². The van der Waals surface area contributed by atoms with Crippen LogP contribution in [0.25, 0.3) is 0 Å². The summed E-state index contributed by atoms with van der Waals surface area (Å²) in [7, 11) is 0. The van der Waals surface area contributed by atoms with Crippen LogP contribution in [-0.2, 0) is 9.59 Å². The molecule has 0 saturated heterocycles. The van der Waals surface area contributed by atoms with Crippen molar-refractivity contribution >= 4 is 23.9 Å². The van der Waals surface area contributed by atoms with Crippen LogP contribution in [0.3, 0.4) is 0 Å². The second kappa shape index (κ2) is 11.0. The average molecular weight is 334 g/mol. The Morgan fingerprint density at radius 1 is 1.17 bits per heavy atom. The number of anilines is 1. The Balaban J connectivity index is 2.28. The highest BCUT2D eigenvalue weighted by Crippen LogP contribution is 2.09. The Morgan fingerprint density at radius 2 is 1.88 bits per heavy atom. The van der Waals surface area contributed by atoms with Gasteiger partial charge in [-0.3, -0.25) is 14.4 Å². The fourth-order valence-electron chi connectivity index (χ4n) is 2.18. The molecule has 24 heavy (non-hydrogen) atoms. The van der Waals surface area contributed by atoms with Crippen LogP contribution in [0, 0.1) is 0 Å². The molecule has 132 valence electrons. The van der Waals surface area contributed by atoms with Crippen molar-refractivity contribution in [2.45, 2.75) is 38.6 Å². The standard InChI is InChI=1S/C17H26N4O3/c1-2-10-19-14-8-6-13(7-9-14)17(24)20-11-4-3-5-15(16(18)23)21-12-22/h6-9,12,15,19H,2-5,10-11H2,1H3,(H2,18,23)(H,20,24)(H,21,22). The van der Waals surface area contributed by atoms with Gasteiger partial charge in [0.05, 0.1) is 0 Å². The van der Waals surface area contributed by atoms with Crippen molar-refractivity contribution in [1.82, 2.24) is 10.6 Å². The van der Waals surface area contributed by atoms with E-state index in [1.165, 1.54) is 0 Å². The van der Waals surface area contributed by atoms with Crippen molar-refractivity contribution in [3.63, 3.8) is 0 Å². The largest absolute Gasteiger partial charge is 0.385 e. The Labute approximate surface area is 142 Å². The Bertz CT molecular complexity index is 531. The monoisotopic (exact) mass is 334 g/mol. The fourth-order valence-corrected chi connectivity index (χ4v) is 2.18. The number of amides is 3. The molecule has 7 heteroatoms. The molecular formula is C17H26N4O3. The quantitative estimate of drug-likeness (QED) is 0.337. The van der Waals surface area contributed by atoms with E-state index in [0.29, 0.717) is 37.8 Å². The number of carbonyl (C=O) groups is 3. The number of nitrogens with two attached hydrogens (primary N) is 1. The van der Waals surface area contributed by atoms with Gasteiger partial charge in [0.2, 0.25) is 12.3 Å². The van der Waals surface area contributed by atoms with Crippen LogP contribution in [0.4, 0.5) is 5.69 Å². The van der Waals surface area contributed by atoms with E-state index in [2.05, 4.69) is 22.9 Å². The molecule has 0 bridgehead atoms. The van der Waals surface area contributed by atoms with Gasteiger partial charge in [-0.1, -0.05) is 6.92 Å². The lowest BCUT2D eigenvalue weighted by Gasteiger charge is -2.12. The number of benzene rings is 1. The molecule has 0 aliphatic heterocycles. The molecule has 0 radical (unpaired) electrons. The van der Waals surface area contributed by atoms with Crippen molar-refractivity contribution in [2.24, 2.45) is 5.73 Å². The third-order valence-corrected chi connectivity index (χ3v) is 3.54. The number of primary amides is 1. The minimum atomic E-state index is -0.652. The van der Waals surface area contributed by atoms with E-state index in [9.17, 15) is 14.4 Å². The second-order valence-electron chi connectivity index (χ2n) is 5.50.